The summed E-state index contributed by atoms with van der Waals surface area (Å²) in [7, 11) is 0. The summed E-state index contributed by atoms with van der Waals surface area (Å²) in [6.07, 6.45) is 0. The minimum atomic E-state index is -0.275. The molecule has 0 spiro atoms. The van der Waals surface area contributed by atoms with Crippen molar-refractivity contribution in [1.82, 2.24) is 4.98 Å². The van der Waals surface area contributed by atoms with E-state index in [1.165, 1.54) is 12.1 Å². The molecule has 0 saturated heterocycles. The molecule has 0 saturated carbocycles. The first-order chi connectivity index (χ1) is 9.38. The van der Waals surface area contributed by atoms with Crippen LogP contribution >= 0.6 is 34.8 Å². The number of nitrogens with two attached hydrogens (primary N) is 1. The Morgan fingerprint density at radius 2 is 2.05 bits per heavy atom. The quantitative estimate of drug-likeness (QED) is 0.607. The fourth-order valence-corrected chi connectivity index (χ4v) is 2.83. The van der Waals surface area contributed by atoms with Gasteiger partial charge in [0, 0.05) is 9.26 Å². The van der Waals surface area contributed by atoms with Crippen LogP contribution in [0.3, 0.4) is 0 Å². The topological polar surface area (TPSA) is 50.9 Å². The van der Waals surface area contributed by atoms with Crippen LogP contribution in [0.1, 0.15) is 16.8 Å². The lowest BCUT2D eigenvalue weighted by Crippen LogP contribution is -2.15. The van der Waals surface area contributed by atoms with Crippen LogP contribution in [0.2, 0.25) is 0 Å². The third-order valence-electron chi connectivity index (χ3n) is 2.78. The van der Waals surface area contributed by atoms with Crippen molar-refractivity contribution < 1.29 is 4.39 Å². The number of benzene rings is 1. The van der Waals surface area contributed by atoms with Crippen LogP contribution in [0.5, 0.6) is 0 Å². The van der Waals surface area contributed by atoms with Gasteiger partial charge in [-0.25, -0.2) is 9.37 Å². The van der Waals surface area contributed by atoms with E-state index in [4.69, 9.17) is 18.0 Å². The van der Waals surface area contributed by atoms with Crippen molar-refractivity contribution in [2.75, 3.05) is 5.32 Å². The number of nitrogens with one attached hydrogen (secondary N) is 1. The summed E-state index contributed by atoms with van der Waals surface area (Å²) in [6.45, 7) is 3.83. The van der Waals surface area contributed by atoms with E-state index in [1.807, 2.05) is 19.9 Å². The highest BCUT2D eigenvalue weighted by molar-refractivity contribution is 14.1. The molecule has 3 nitrogen and oxygen atoms in total. The van der Waals surface area contributed by atoms with Crippen molar-refractivity contribution in [3.05, 3.63) is 50.5 Å². The maximum absolute atomic E-state index is 13.1. The van der Waals surface area contributed by atoms with E-state index in [0.717, 1.165) is 20.5 Å². The summed E-state index contributed by atoms with van der Waals surface area (Å²) in [6, 6.07) is 6.44. The average Bonchev–Trinajstić information content (AvgIpc) is 2.31. The Hall–Kier alpha value is -1.28. The smallest absolute Gasteiger partial charge is 0.141 e. The standard InChI is InChI=1S/C14H13FIN3S/c1-7-5-8(2)18-14(12(7)13(17)20)19-11-4-3-9(15)6-10(11)16/h3-6H,1-2H3,(H2,17,20)(H,18,19). The second-order valence-corrected chi connectivity index (χ2v) is 6.02. The van der Waals surface area contributed by atoms with Crippen LogP contribution in [0.4, 0.5) is 15.9 Å². The fraction of sp³-hybridized carbons (Fsp3) is 0.143. The predicted octanol–water partition coefficient (Wildman–Crippen LogP) is 3.82. The van der Waals surface area contributed by atoms with Gasteiger partial charge >= 0.3 is 0 Å². The number of hydrogen-bond acceptors (Lipinski definition) is 3. The molecule has 0 fully saturated rings. The second-order valence-electron chi connectivity index (χ2n) is 4.42. The molecule has 0 amide bonds. The van der Waals surface area contributed by atoms with Crippen molar-refractivity contribution >= 4 is 51.3 Å². The normalized spacial score (nSPS) is 10.4. The molecular weight excluding hydrogens is 388 g/mol. The summed E-state index contributed by atoms with van der Waals surface area (Å²) >= 11 is 7.15. The van der Waals surface area contributed by atoms with Crippen molar-refractivity contribution in [2.45, 2.75) is 13.8 Å². The lowest BCUT2D eigenvalue weighted by molar-refractivity contribution is 0.627. The summed E-state index contributed by atoms with van der Waals surface area (Å²) in [4.78, 5) is 4.73. The fourth-order valence-electron chi connectivity index (χ4n) is 1.96. The molecule has 0 radical (unpaired) electrons. The van der Waals surface area contributed by atoms with Gasteiger partial charge in [0.2, 0.25) is 0 Å². The van der Waals surface area contributed by atoms with E-state index in [-0.39, 0.29) is 10.8 Å². The monoisotopic (exact) mass is 401 g/mol. The van der Waals surface area contributed by atoms with E-state index in [9.17, 15) is 4.39 Å². The number of nitrogens with zero attached hydrogens (tertiary/aromatic N) is 1. The third-order valence-corrected chi connectivity index (χ3v) is 3.87. The summed E-state index contributed by atoms with van der Waals surface area (Å²) < 4.78 is 13.9. The number of anilines is 2. The molecular formula is C14H13FIN3S. The van der Waals surface area contributed by atoms with Crippen molar-refractivity contribution in [1.29, 1.82) is 0 Å². The predicted molar refractivity (Wildman–Crippen MR) is 92.0 cm³/mol. The Bertz CT molecular complexity index is 688. The van der Waals surface area contributed by atoms with Crippen LogP contribution in [0.25, 0.3) is 0 Å². The molecule has 0 aliphatic carbocycles. The van der Waals surface area contributed by atoms with Crippen LogP contribution in [-0.2, 0) is 0 Å². The molecule has 1 aromatic heterocycles. The molecule has 2 aromatic rings. The second kappa shape index (κ2) is 6.01. The Balaban J connectivity index is 2.50. The van der Waals surface area contributed by atoms with Gasteiger partial charge in [-0.2, -0.15) is 0 Å². The zero-order valence-electron chi connectivity index (χ0n) is 11.0. The molecule has 0 atom stereocenters. The summed E-state index contributed by atoms with van der Waals surface area (Å²) in [5.41, 5.74) is 9.08. The molecule has 0 unspecified atom stereocenters. The van der Waals surface area contributed by atoms with E-state index >= 15 is 0 Å². The largest absolute Gasteiger partial charge is 0.389 e. The lowest BCUT2D eigenvalue weighted by Gasteiger charge is -2.14. The molecule has 20 heavy (non-hydrogen) atoms. The van der Waals surface area contributed by atoms with Crippen molar-refractivity contribution in [2.24, 2.45) is 5.73 Å². The Morgan fingerprint density at radius 3 is 2.65 bits per heavy atom. The van der Waals surface area contributed by atoms with Gasteiger partial charge in [-0.05, 0) is 66.3 Å². The van der Waals surface area contributed by atoms with Gasteiger partial charge in [-0.15, -0.1) is 0 Å². The van der Waals surface area contributed by atoms with E-state index < -0.39 is 0 Å². The highest BCUT2D eigenvalue weighted by atomic mass is 127. The van der Waals surface area contributed by atoms with Gasteiger partial charge in [-0.1, -0.05) is 12.2 Å². The van der Waals surface area contributed by atoms with Crippen LogP contribution in [0, 0.1) is 23.2 Å². The minimum Gasteiger partial charge on any atom is -0.389 e. The zero-order chi connectivity index (χ0) is 14.9. The lowest BCUT2D eigenvalue weighted by atomic mass is 10.1. The van der Waals surface area contributed by atoms with Crippen molar-refractivity contribution in [3.63, 3.8) is 0 Å². The molecule has 2 rings (SSSR count). The number of aromatic nitrogens is 1. The molecule has 104 valence electrons. The van der Waals surface area contributed by atoms with E-state index in [2.05, 4.69) is 32.9 Å². The Labute approximate surface area is 135 Å². The number of rotatable bonds is 3. The van der Waals surface area contributed by atoms with Crippen molar-refractivity contribution in [3.8, 4) is 0 Å². The maximum atomic E-state index is 13.1. The zero-order valence-corrected chi connectivity index (χ0v) is 14.0. The van der Waals surface area contributed by atoms with Crippen LogP contribution in [0.15, 0.2) is 24.3 Å². The molecule has 0 aliphatic rings. The first-order valence-electron chi connectivity index (χ1n) is 5.88. The number of hydrogen-bond donors (Lipinski definition) is 2. The van der Waals surface area contributed by atoms with Gasteiger partial charge in [0.1, 0.15) is 16.6 Å². The van der Waals surface area contributed by atoms with Gasteiger partial charge in [-0.3, -0.25) is 0 Å². The number of halogens is 2. The summed E-state index contributed by atoms with van der Waals surface area (Å²) in [5.74, 6) is 0.322. The van der Waals surface area contributed by atoms with Gasteiger partial charge in [0.05, 0.1) is 11.3 Å². The Kier molecular flexibility index (Phi) is 4.54. The molecule has 0 aliphatic heterocycles. The Morgan fingerprint density at radius 1 is 1.35 bits per heavy atom. The molecule has 3 N–H and O–H groups in total. The number of thiocarbonyl (C=S) groups is 1. The van der Waals surface area contributed by atoms with Gasteiger partial charge < -0.3 is 11.1 Å². The number of pyridine rings is 1. The third kappa shape index (κ3) is 3.24. The molecule has 1 heterocycles. The first kappa shape index (κ1) is 15.1. The number of aryl methyl sites for hydroxylation is 2. The SMILES string of the molecule is Cc1cc(C)c(C(N)=S)c(Nc2ccc(F)cc2I)n1. The van der Waals surface area contributed by atoms with Crippen LogP contribution < -0.4 is 11.1 Å². The molecule has 0 bridgehead atoms. The van der Waals surface area contributed by atoms with Crippen LogP contribution in [-0.4, -0.2) is 9.97 Å². The average molecular weight is 401 g/mol. The highest BCUT2D eigenvalue weighted by Crippen LogP contribution is 2.26. The first-order valence-corrected chi connectivity index (χ1v) is 7.37. The molecule has 6 heteroatoms. The van der Waals surface area contributed by atoms with E-state index in [1.54, 1.807) is 6.07 Å². The van der Waals surface area contributed by atoms with Gasteiger partial charge in [0.25, 0.3) is 0 Å². The summed E-state index contributed by atoms with van der Waals surface area (Å²) in [5, 5.41) is 3.18. The minimum absolute atomic E-state index is 0.275. The van der Waals surface area contributed by atoms with Gasteiger partial charge in [0.15, 0.2) is 0 Å². The molecule has 1 aromatic carbocycles. The maximum Gasteiger partial charge on any atom is 0.141 e. The van der Waals surface area contributed by atoms with E-state index in [0.29, 0.717) is 11.4 Å². The highest BCUT2D eigenvalue weighted by Gasteiger charge is 2.13.